The Morgan fingerprint density at radius 1 is 1.52 bits per heavy atom. The molecule has 0 spiro atoms. The molecule has 0 aliphatic carbocycles. The van der Waals surface area contributed by atoms with Crippen LogP contribution in [0.5, 0.6) is 0 Å². The van der Waals surface area contributed by atoms with Gasteiger partial charge in [-0.05, 0) is 26.8 Å². The van der Waals surface area contributed by atoms with Gasteiger partial charge in [0.15, 0.2) is 0 Å². The lowest BCUT2D eigenvalue weighted by molar-refractivity contribution is 0.0985. The molecule has 0 bridgehead atoms. The monoisotopic (exact) mass is 368 g/mol. The molecule has 2 aromatic heterocycles. The summed E-state index contributed by atoms with van der Waals surface area (Å²) in [5, 5.41) is 27.8. The number of pyridine rings is 1. The van der Waals surface area contributed by atoms with Gasteiger partial charge in [0.05, 0.1) is 31.0 Å². The van der Waals surface area contributed by atoms with Gasteiger partial charge in [0.1, 0.15) is 23.1 Å². The molecular weight excluding hydrogens is 344 g/mol. The minimum absolute atomic E-state index is 0.173. The van der Waals surface area contributed by atoms with E-state index in [-0.39, 0.29) is 6.04 Å². The molecular formula is C19H24N6O2. The van der Waals surface area contributed by atoms with Gasteiger partial charge in [-0.1, -0.05) is 11.8 Å². The van der Waals surface area contributed by atoms with Crippen molar-refractivity contribution in [1.29, 1.82) is 5.41 Å². The molecule has 1 aliphatic heterocycles. The first kappa shape index (κ1) is 18.9. The predicted octanol–water partition coefficient (Wildman–Crippen LogP) is 1.89. The largest absolute Gasteiger partial charge is 0.378 e. The fraction of sp³-hybridized carbons (Fsp3) is 0.421. The van der Waals surface area contributed by atoms with Crippen molar-refractivity contribution in [3.8, 4) is 11.8 Å². The molecule has 2 aromatic rings. The standard InChI is InChI=1S/C19H24N6O2/c1-13-12-27-9-8-25(13)17-10-14(4-6-19(2,3)26)15(11-20)18(23-17)22-16-5-7-21-24-16/h5,7,10-11,13,20,26H,8-9,12H2,1-3H3,(H2,21,22,23,24)/t13-/m1/s1. The maximum atomic E-state index is 9.98. The average molecular weight is 368 g/mol. The normalized spacial score (nSPS) is 17.2. The molecule has 3 heterocycles. The lowest BCUT2D eigenvalue weighted by Gasteiger charge is -2.34. The molecule has 0 saturated carbocycles. The molecule has 0 radical (unpaired) electrons. The number of ether oxygens (including phenoxy) is 1. The van der Waals surface area contributed by atoms with E-state index in [2.05, 4.69) is 39.2 Å². The zero-order valence-electron chi connectivity index (χ0n) is 15.7. The molecule has 142 valence electrons. The van der Waals surface area contributed by atoms with Gasteiger partial charge in [-0.25, -0.2) is 4.98 Å². The number of nitrogens with zero attached hydrogens (tertiary/aromatic N) is 3. The van der Waals surface area contributed by atoms with E-state index in [1.807, 2.05) is 6.07 Å². The van der Waals surface area contributed by atoms with Gasteiger partial charge in [0.2, 0.25) is 0 Å². The number of hydrogen-bond donors (Lipinski definition) is 4. The number of nitrogens with one attached hydrogen (secondary N) is 3. The second-order valence-corrected chi connectivity index (χ2v) is 6.96. The smallest absolute Gasteiger partial charge is 0.144 e. The summed E-state index contributed by atoms with van der Waals surface area (Å²) in [5.41, 5.74) is 0.0372. The minimum atomic E-state index is -1.13. The van der Waals surface area contributed by atoms with E-state index in [4.69, 9.17) is 15.1 Å². The second-order valence-electron chi connectivity index (χ2n) is 6.96. The first-order valence-electron chi connectivity index (χ1n) is 8.79. The summed E-state index contributed by atoms with van der Waals surface area (Å²) in [6.07, 6.45) is 2.85. The molecule has 4 N–H and O–H groups in total. The molecule has 1 aliphatic rings. The summed E-state index contributed by atoms with van der Waals surface area (Å²) >= 11 is 0. The van der Waals surface area contributed by atoms with E-state index >= 15 is 0 Å². The summed E-state index contributed by atoms with van der Waals surface area (Å²) in [7, 11) is 0. The quantitative estimate of drug-likeness (QED) is 0.485. The van der Waals surface area contributed by atoms with Crippen LogP contribution in [0.3, 0.4) is 0 Å². The van der Waals surface area contributed by atoms with Gasteiger partial charge >= 0.3 is 0 Å². The molecule has 1 saturated heterocycles. The molecule has 27 heavy (non-hydrogen) atoms. The van der Waals surface area contributed by atoms with Crippen LogP contribution in [0.4, 0.5) is 17.5 Å². The fourth-order valence-corrected chi connectivity index (χ4v) is 2.77. The van der Waals surface area contributed by atoms with Crippen molar-refractivity contribution in [1.82, 2.24) is 15.2 Å². The summed E-state index contributed by atoms with van der Waals surface area (Å²) in [6, 6.07) is 3.81. The Morgan fingerprint density at radius 3 is 2.96 bits per heavy atom. The first-order chi connectivity index (χ1) is 12.9. The Bertz CT molecular complexity index is 861. The number of hydrogen-bond acceptors (Lipinski definition) is 7. The molecule has 1 atom stereocenters. The van der Waals surface area contributed by atoms with Crippen molar-refractivity contribution in [2.45, 2.75) is 32.4 Å². The maximum Gasteiger partial charge on any atom is 0.144 e. The molecule has 8 nitrogen and oxygen atoms in total. The molecule has 0 aromatic carbocycles. The van der Waals surface area contributed by atoms with Crippen molar-refractivity contribution < 1.29 is 9.84 Å². The Labute approximate surface area is 158 Å². The predicted molar refractivity (Wildman–Crippen MR) is 105 cm³/mol. The van der Waals surface area contributed by atoms with Gasteiger partial charge in [0.25, 0.3) is 0 Å². The number of anilines is 3. The Balaban J connectivity index is 2.10. The topological polar surface area (TPSA) is 110 Å². The highest BCUT2D eigenvalue weighted by atomic mass is 16.5. The maximum absolute atomic E-state index is 9.98. The van der Waals surface area contributed by atoms with E-state index in [9.17, 15) is 5.11 Å². The van der Waals surface area contributed by atoms with Gasteiger partial charge < -0.3 is 25.5 Å². The van der Waals surface area contributed by atoms with Gasteiger partial charge in [-0.2, -0.15) is 5.10 Å². The number of aromatic amines is 1. The average Bonchev–Trinajstić information content (AvgIpc) is 3.12. The lowest BCUT2D eigenvalue weighted by atomic mass is 10.1. The molecule has 0 unspecified atom stereocenters. The third kappa shape index (κ3) is 4.64. The number of H-pyrrole nitrogens is 1. The number of rotatable bonds is 4. The summed E-state index contributed by atoms with van der Waals surface area (Å²) < 4.78 is 5.52. The van der Waals surface area contributed by atoms with Crippen LogP contribution in [-0.4, -0.2) is 57.9 Å². The third-order valence-electron chi connectivity index (χ3n) is 4.11. The third-order valence-corrected chi connectivity index (χ3v) is 4.11. The van der Waals surface area contributed by atoms with E-state index < -0.39 is 5.60 Å². The van der Waals surface area contributed by atoms with E-state index in [0.29, 0.717) is 36.0 Å². The van der Waals surface area contributed by atoms with Crippen molar-refractivity contribution in [3.63, 3.8) is 0 Å². The Hall–Kier alpha value is -2.89. The summed E-state index contributed by atoms with van der Waals surface area (Å²) in [5.74, 6) is 7.75. The zero-order valence-corrected chi connectivity index (χ0v) is 15.7. The molecule has 0 amide bonds. The lowest BCUT2D eigenvalue weighted by Crippen LogP contribution is -2.44. The van der Waals surface area contributed by atoms with Crippen LogP contribution in [0.25, 0.3) is 0 Å². The Kier molecular flexibility index (Phi) is 5.44. The minimum Gasteiger partial charge on any atom is -0.378 e. The van der Waals surface area contributed by atoms with Crippen LogP contribution >= 0.6 is 0 Å². The van der Waals surface area contributed by atoms with Crippen molar-refractivity contribution in [2.24, 2.45) is 0 Å². The van der Waals surface area contributed by atoms with Crippen molar-refractivity contribution >= 4 is 23.7 Å². The van der Waals surface area contributed by atoms with Crippen LogP contribution in [0, 0.1) is 17.3 Å². The van der Waals surface area contributed by atoms with Crippen LogP contribution in [-0.2, 0) is 4.74 Å². The highest BCUT2D eigenvalue weighted by Gasteiger charge is 2.22. The fourth-order valence-electron chi connectivity index (χ4n) is 2.77. The van der Waals surface area contributed by atoms with Gasteiger partial charge in [0, 0.05) is 24.4 Å². The molecule has 8 heteroatoms. The molecule has 1 fully saturated rings. The van der Waals surface area contributed by atoms with Crippen LogP contribution in [0.2, 0.25) is 0 Å². The van der Waals surface area contributed by atoms with Gasteiger partial charge in [-0.15, -0.1) is 0 Å². The van der Waals surface area contributed by atoms with Crippen molar-refractivity contribution in [3.05, 3.63) is 29.5 Å². The van der Waals surface area contributed by atoms with Crippen LogP contribution < -0.4 is 10.2 Å². The summed E-state index contributed by atoms with van der Waals surface area (Å²) in [4.78, 5) is 6.88. The van der Waals surface area contributed by atoms with Gasteiger partial charge in [-0.3, -0.25) is 5.10 Å². The second kappa shape index (κ2) is 7.78. The van der Waals surface area contributed by atoms with E-state index in [1.54, 1.807) is 26.1 Å². The number of aliphatic hydroxyl groups is 1. The van der Waals surface area contributed by atoms with Crippen LogP contribution in [0.15, 0.2) is 18.3 Å². The van der Waals surface area contributed by atoms with E-state index in [0.717, 1.165) is 12.4 Å². The highest BCUT2D eigenvalue weighted by Crippen LogP contribution is 2.26. The number of aromatic nitrogens is 3. The first-order valence-corrected chi connectivity index (χ1v) is 8.79. The Morgan fingerprint density at radius 2 is 2.33 bits per heavy atom. The van der Waals surface area contributed by atoms with Crippen molar-refractivity contribution in [2.75, 3.05) is 30.0 Å². The highest BCUT2D eigenvalue weighted by molar-refractivity contribution is 5.90. The SMILES string of the molecule is C[C@@H]1COCCN1c1cc(C#CC(C)(C)O)c(C=N)c(Nc2ccn[nH]2)n1. The number of morpholine rings is 1. The summed E-state index contributed by atoms with van der Waals surface area (Å²) in [6.45, 7) is 7.31. The van der Waals surface area contributed by atoms with Crippen LogP contribution in [0.1, 0.15) is 31.9 Å². The molecule has 3 rings (SSSR count). The van der Waals surface area contributed by atoms with E-state index in [1.165, 1.54) is 6.21 Å². The zero-order chi connectivity index (χ0) is 19.4.